The average molecular weight is 455 g/mol. The van der Waals surface area contributed by atoms with E-state index < -0.39 is 21.9 Å². The van der Waals surface area contributed by atoms with Gasteiger partial charge < -0.3 is 14.8 Å². The van der Waals surface area contributed by atoms with Crippen molar-refractivity contribution in [1.82, 2.24) is 4.31 Å². The highest BCUT2D eigenvalue weighted by atomic mass is 35.5. The number of carbonyl (C=O) groups is 2. The second-order valence-electron chi connectivity index (χ2n) is 6.41. The van der Waals surface area contributed by atoms with Crippen molar-refractivity contribution in [2.45, 2.75) is 13.5 Å². The van der Waals surface area contributed by atoms with Crippen molar-refractivity contribution in [3.63, 3.8) is 0 Å². The molecule has 2 aromatic carbocycles. The molecule has 0 aliphatic carbocycles. The lowest BCUT2D eigenvalue weighted by Crippen LogP contribution is -2.24. The summed E-state index contributed by atoms with van der Waals surface area (Å²) in [4.78, 5) is 23.8. The Kier molecular flexibility index (Phi) is 8.22. The van der Waals surface area contributed by atoms with Crippen LogP contribution in [0.2, 0.25) is 5.02 Å². The molecule has 1 N–H and O–H groups in total. The van der Waals surface area contributed by atoms with E-state index in [2.05, 4.69) is 5.32 Å². The fourth-order valence-electron chi connectivity index (χ4n) is 2.38. The molecule has 2 aromatic rings. The van der Waals surface area contributed by atoms with Gasteiger partial charge in [0, 0.05) is 19.3 Å². The van der Waals surface area contributed by atoms with Crippen molar-refractivity contribution in [2.75, 3.05) is 31.8 Å². The zero-order chi connectivity index (χ0) is 22.3. The van der Waals surface area contributed by atoms with E-state index in [0.717, 1.165) is 11.8 Å². The fraction of sp³-hybridized carbons (Fsp3) is 0.300. The first-order chi connectivity index (χ1) is 14.1. The van der Waals surface area contributed by atoms with Gasteiger partial charge in [0.1, 0.15) is 5.75 Å². The Morgan fingerprint density at radius 1 is 1.13 bits per heavy atom. The van der Waals surface area contributed by atoms with Crippen molar-refractivity contribution in [3.05, 3.63) is 58.6 Å². The molecule has 30 heavy (non-hydrogen) atoms. The number of nitrogens with zero attached hydrogens (tertiary/aromatic N) is 1. The third-order valence-electron chi connectivity index (χ3n) is 4.01. The van der Waals surface area contributed by atoms with Crippen LogP contribution in [0.3, 0.4) is 0 Å². The van der Waals surface area contributed by atoms with Crippen LogP contribution in [0.5, 0.6) is 5.75 Å². The van der Waals surface area contributed by atoms with Gasteiger partial charge in [0.05, 0.1) is 23.4 Å². The number of rotatable bonds is 9. The van der Waals surface area contributed by atoms with Gasteiger partial charge in [0.2, 0.25) is 10.0 Å². The van der Waals surface area contributed by atoms with E-state index in [-0.39, 0.29) is 30.3 Å². The molecule has 162 valence electrons. The van der Waals surface area contributed by atoms with Crippen LogP contribution in [0.1, 0.15) is 22.8 Å². The van der Waals surface area contributed by atoms with Crippen molar-refractivity contribution in [1.29, 1.82) is 0 Å². The van der Waals surface area contributed by atoms with Gasteiger partial charge in [-0.05, 0) is 42.8 Å². The molecule has 0 saturated carbocycles. The molecule has 2 rings (SSSR count). The first kappa shape index (κ1) is 23.7. The molecule has 0 aromatic heterocycles. The number of amides is 1. The van der Waals surface area contributed by atoms with Crippen LogP contribution >= 0.6 is 11.6 Å². The number of hydrogen-bond acceptors (Lipinski definition) is 6. The molecule has 0 atom stereocenters. The molecule has 0 radical (unpaired) electrons. The molecule has 10 heteroatoms. The highest BCUT2D eigenvalue weighted by molar-refractivity contribution is 7.88. The monoisotopic (exact) mass is 454 g/mol. The Morgan fingerprint density at radius 3 is 2.37 bits per heavy atom. The standard InChI is InChI=1S/C20H23ClN2O6S/c1-4-28-20(25)17-10-7-15(11-18(17)21)22-19(24)13-29-16-8-5-14(6-9-16)12-23(2)30(3,26)27/h5-11H,4,12-13H2,1-3H3,(H,22,24). The Balaban J connectivity index is 1.89. The Hall–Kier alpha value is -2.62. The minimum Gasteiger partial charge on any atom is -0.484 e. The molecule has 0 saturated heterocycles. The lowest BCUT2D eigenvalue weighted by Gasteiger charge is -2.14. The maximum absolute atomic E-state index is 12.1. The van der Waals surface area contributed by atoms with E-state index in [1.165, 1.54) is 23.5 Å². The summed E-state index contributed by atoms with van der Waals surface area (Å²) in [6.45, 7) is 1.93. The van der Waals surface area contributed by atoms with E-state index in [1.807, 2.05) is 0 Å². The van der Waals surface area contributed by atoms with Crippen LogP contribution in [0.15, 0.2) is 42.5 Å². The maximum Gasteiger partial charge on any atom is 0.339 e. The number of hydrogen-bond donors (Lipinski definition) is 1. The van der Waals surface area contributed by atoms with Crippen LogP contribution in [0.25, 0.3) is 0 Å². The van der Waals surface area contributed by atoms with Crippen LogP contribution in [-0.2, 0) is 26.1 Å². The van der Waals surface area contributed by atoms with Gasteiger partial charge >= 0.3 is 5.97 Å². The van der Waals surface area contributed by atoms with Gasteiger partial charge in [-0.15, -0.1) is 0 Å². The average Bonchev–Trinajstić information content (AvgIpc) is 2.67. The molecule has 0 unspecified atom stereocenters. The lowest BCUT2D eigenvalue weighted by atomic mass is 10.2. The molecule has 8 nitrogen and oxygen atoms in total. The third kappa shape index (κ3) is 7.01. The minimum absolute atomic E-state index is 0.168. The second-order valence-corrected chi connectivity index (χ2v) is 8.91. The van der Waals surface area contributed by atoms with Gasteiger partial charge in [-0.1, -0.05) is 23.7 Å². The van der Waals surface area contributed by atoms with Crippen LogP contribution in [0, 0.1) is 0 Å². The van der Waals surface area contributed by atoms with E-state index in [1.54, 1.807) is 37.3 Å². The van der Waals surface area contributed by atoms with Crippen molar-refractivity contribution >= 4 is 39.2 Å². The van der Waals surface area contributed by atoms with Gasteiger partial charge in [-0.25, -0.2) is 17.5 Å². The summed E-state index contributed by atoms with van der Waals surface area (Å²) >= 11 is 6.07. The maximum atomic E-state index is 12.1. The van der Waals surface area contributed by atoms with E-state index >= 15 is 0 Å². The number of nitrogens with one attached hydrogen (secondary N) is 1. The summed E-state index contributed by atoms with van der Waals surface area (Å²) in [6, 6.07) is 11.2. The van der Waals surface area contributed by atoms with Crippen LogP contribution in [-0.4, -0.2) is 51.1 Å². The number of carbonyl (C=O) groups excluding carboxylic acids is 2. The molecular weight excluding hydrogens is 432 g/mol. The second kappa shape index (κ2) is 10.4. The first-order valence-electron chi connectivity index (χ1n) is 8.99. The van der Waals surface area contributed by atoms with Crippen LogP contribution in [0.4, 0.5) is 5.69 Å². The van der Waals surface area contributed by atoms with E-state index in [4.69, 9.17) is 21.1 Å². The molecule has 1 amide bonds. The summed E-state index contributed by atoms with van der Waals surface area (Å²) < 4.78 is 34.5. The number of halogens is 1. The normalized spacial score (nSPS) is 11.2. The van der Waals surface area contributed by atoms with Gasteiger partial charge in [0.25, 0.3) is 5.91 Å². The van der Waals surface area contributed by atoms with Crippen molar-refractivity contribution < 1.29 is 27.5 Å². The highest BCUT2D eigenvalue weighted by Gasteiger charge is 2.13. The Bertz CT molecular complexity index is 1010. The van der Waals surface area contributed by atoms with E-state index in [9.17, 15) is 18.0 Å². The predicted octanol–water partition coefficient (Wildman–Crippen LogP) is 2.93. The molecule has 0 fully saturated rings. The molecule has 0 spiro atoms. The number of anilines is 1. The SMILES string of the molecule is CCOC(=O)c1ccc(NC(=O)COc2ccc(CN(C)S(C)(=O)=O)cc2)cc1Cl. The quantitative estimate of drug-likeness (QED) is 0.584. The number of esters is 1. The summed E-state index contributed by atoms with van der Waals surface area (Å²) in [7, 11) is -1.77. The lowest BCUT2D eigenvalue weighted by molar-refractivity contribution is -0.118. The summed E-state index contributed by atoms with van der Waals surface area (Å²) in [5.74, 6) is -0.475. The molecule has 0 bridgehead atoms. The minimum atomic E-state index is -3.26. The predicted molar refractivity (Wildman–Crippen MR) is 114 cm³/mol. The summed E-state index contributed by atoms with van der Waals surface area (Å²) in [5, 5.41) is 2.80. The van der Waals surface area contributed by atoms with Crippen molar-refractivity contribution in [2.24, 2.45) is 0 Å². The Morgan fingerprint density at radius 2 is 1.80 bits per heavy atom. The Labute approximate surface area is 180 Å². The van der Waals surface area contributed by atoms with Gasteiger partial charge in [-0.2, -0.15) is 0 Å². The summed E-state index contributed by atoms with van der Waals surface area (Å²) in [6.07, 6.45) is 1.14. The zero-order valence-electron chi connectivity index (χ0n) is 16.8. The first-order valence-corrected chi connectivity index (χ1v) is 11.2. The number of benzene rings is 2. The summed E-state index contributed by atoms with van der Waals surface area (Å²) in [5.41, 5.74) is 1.42. The third-order valence-corrected chi connectivity index (χ3v) is 5.59. The molecule has 0 aliphatic rings. The van der Waals surface area contributed by atoms with E-state index in [0.29, 0.717) is 11.4 Å². The fourth-order valence-corrected chi connectivity index (χ4v) is 3.02. The number of sulfonamides is 1. The van der Waals surface area contributed by atoms with Crippen molar-refractivity contribution in [3.8, 4) is 5.75 Å². The van der Waals surface area contributed by atoms with Gasteiger partial charge in [0.15, 0.2) is 6.61 Å². The smallest absolute Gasteiger partial charge is 0.339 e. The highest BCUT2D eigenvalue weighted by Crippen LogP contribution is 2.22. The molecular formula is C20H23ClN2O6S. The van der Waals surface area contributed by atoms with Crippen LogP contribution < -0.4 is 10.1 Å². The number of ether oxygens (including phenoxy) is 2. The molecule has 0 aliphatic heterocycles. The molecule has 0 heterocycles. The largest absolute Gasteiger partial charge is 0.484 e. The van der Waals surface area contributed by atoms with Gasteiger partial charge in [-0.3, -0.25) is 4.79 Å². The zero-order valence-corrected chi connectivity index (χ0v) is 18.4. The topological polar surface area (TPSA) is 102 Å².